The highest BCUT2D eigenvalue weighted by atomic mass is 31.0. The molecule has 0 saturated heterocycles. The molecule has 0 rings (SSSR count). The largest absolute Gasteiger partial charge is 0.481 e. The Hall–Kier alpha value is -2.44. The van der Waals surface area contributed by atoms with Crippen LogP contribution in [0.25, 0.3) is 0 Å². The van der Waals surface area contributed by atoms with Gasteiger partial charge in [-0.3, -0.25) is 28.8 Å². The Morgan fingerprint density at radius 2 is 0.621 bits per heavy atom. The molecule has 0 aliphatic heterocycles. The van der Waals surface area contributed by atoms with Crippen molar-refractivity contribution in [1.29, 1.82) is 0 Å². The summed E-state index contributed by atoms with van der Waals surface area (Å²) in [6.07, 6.45) is -1.60. The van der Waals surface area contributed by atoms with E-state index in [4.69, 9.17) is 47.8 Å². The monoisotopic (exact) mass is 467 g/mol. The third kappa shape index (κ3) is 30.5. The van der Waals surface area contributed by atoms with E-state index in [0.29, 0.717) is 0 Å². The Morgan fingerprint density at radius 1 is 0.483 bits per heavy atom. The van der Waals surface area contributed by atoms with Gasteiger partial charge in [-0.15, -0.1) is 0 Å². The van der Waals surface area contributed by atoms with Crippen molar-refractivity contribution >= 4 is 55.6 Å². The topological polar surface area (TPSA) is 302 Å². The standard InChI is InChI=1S/3C4H7NO4.2H3P/c3*5-2(4(8)9)1-3(6)7;;/h3*2H,1,5H2,(H,6,7)(H,8,9);2*1H3/t3*2-;;/m000../s1. The summed E-state index contributed by atoms with van der Waals surface area (Å²) in [4.78, 5) is 58.9. The maximum atomic E-state index is 9.85. The molecule has 0 aromatic carbocycles. The first-order chi connectivity index (χ1) is 12.1. The molecule has 0 aliphatic carbocycles. The van der Waals surface area contributed by atoms with Gasteiger partial charge in [-0.2, -0.15) is 19.8 Å². The smallest absolute Gasteiger partial charge is 0.321 e. The number of carboxylic acids is 6. The normalized spacial score (nSPS) is 11.7. The first-order valence-electron chi connectivity index (χ1n) is 6.72. The Balaban J connectivity index is -0.0000000960. The predicted octanol–water partition coefficient (Wildman–Crippen LogP) is -3.26. The van der Waals surface area contributed by atoms with Gasteiger partial charge in [0.15, 0.2) is 0 Å². The van der Waals surface area contributed by atoms with Crippen LogP contribution in [-0.4, -0.2) is 84.6 Å². The minimum absolute atomic E-state index is 0. The Bertz CT molecular complexity index is 484. The van der Waals surface area contributed by atoms with Crippen LogP contribution < -0.4 is 17.2 Å². The molecular formula is C12H27N3O12P2. The zero-order valence-electron chi connectivity index (χ0n) is 15.1. The van der Waals surface area contributed by atoms with Crippen molar-refractivity contribution in [2.75, 3.05) is 0 Å². The number of hydrogen-bond donors (Lipinski definition) is 9. The molecule has 0 heterocycles. The van der Waals surface area contributed by atoms with Crippen LogP contribution in [0.1, 0.15) is 19.3 Å². The lowest BCUT2D eigenvalue weighted by Gasteiger charge is -1.99. The average molecular weight is 467 g/mol. The highest BCUT2D eigenvalue weighted by molar-refractivity contribution is 6.92. The van der Waals surface area contributed by atoms with E-state index >= 15 is 0 Å². The van der Waals surface area contributed by atoms with Gasteiger partial charge in [-0.25, -0.2) is 0 Å². The molecule has 15 nitrogen and oxygen atoms in total. The van der Waals surface area contributed by atoms with Gasteiger partial charge in [0.05, 0.1) is 19.3 Å². The van der Waals surface area contributed by atoms with Gasteiger partial charge in [-0.1, -0.05) is 0 Å². The van der Waals surface area contributed by atoms with Crippen molar-refractivity contribution in [2.45, 2.75) is 37.4 Å². The molecule has 0 bridgehead atoms. The van der Waals surface area contributed by atoms with Gasteiger partial charge in [0, 0.05) is 0 Å². The van der Waals surface area contributed by atoms with Crippen molar-refractivity contribution < 1.29 is 59.4 Å². The minimum atomic E-state index is -1.29. The highest BCUT2D eigenvalue weighted by Gasteiger charge is 2.15. The summed E-state index contributed by atoms with van der Waals surface area (Å²) >= 11 is 0. The molecule has 29 heavy (non-hydrogen) atoms. The lowest BCUT2D eigenvalue weighted by Crippen LogP contribution is -2.32. The van der Waals surface area contributed by atoms with Gasteiger partial charge in [0.2, 0.25) is 0 Å². The molecule has 17 heteroatoms. The number of hydrogen-bond acceptors (Lipinski definition) is 9. The maximum Gasteiger partial charge on any atom is 0.321 e. The molecule has 12 N–H and O–H groups in total. The second kappa shape index (κ2) is 20.3. The molecule has 0 fully saturated rings. The molecule has 0 aromatic heterocycles. The Labute approximate surface area is 170 Å². The van der Waals surface area contributed by atoms with Crippen LogP contribution in [0.2, 0.25) is 0 Å². The predicted molar refractivity (Wildman–Crippen MR) is 106 cm³/mol. The molecule has 172 valence electrons. The number of carbonyl (C=O) groups is 6. The molecule has 0 saturated carbocycles. The van der Waals surface area contributed by atoms with E-state index in [0.717, 1.165) is 0 Å². The lowest BCUT2D eigenvalue weighted by atomic mass is 10.2. The van der Waals surface area contributed by atoms with Gasteiger partial charge in [0.25, 0.3) is 0 Å². The first-order valence-corrected chi connectivity index (χ1v) is 6.72. The van der Waals surface area contributed by atoms with Crippen molar-refractivity contribution in [3.05, 3.63) is 0 Å². The van der Waals surface area contributed by atoms with Crippen LogP contribution in [0.4, 0.5) is 0 Å². The second-order valence-corrected chi connectivity index (χ2v) is 4.63. The molecule has 2 unspecified atom stereocenters. The fourth-order valence-electron chi connectivity index (χ4n) is 0.826. The van der Waals surface area contributed by atoms with E-state index in [1.54, 1.807) is 0 Å². The minimum Gasteiger partial charge on any atom is -0.481 e. The van der Waals surface area contributed by atoms with Crippen LogP contribution in [-0.2, 0) is 28.8 Å². The molecule has 0 aromatic rings. The summed E-state index contributed by atoms with van der Waals surface area (Å²) in [5.74, 6) is -7.49. The molecular weight excluding hydrogens is 440 g/mol. The number of nitrogens with two attached hydrogens (primary N) is 3. The molecule has 0 aliphatic rings. The van der Waals surface area contributed by atoms with Gasteiger partial charge >= 0.3 is 35.8 Å². The maximum absolute atomic E-state index is 9.85. The van der Waals surface area contributed by atoms with E-state index in [1.165, 1.54) is 0 Å². The SMILES string of the molecule is N[C@@H](CC(=O)O)C(=O)O.N[C@@H](CC(=O)O)C(=O)O.N[C@@H](CC(=O)O)C(=O)O.P.P. The van der Waals surface area contributed by atoms with Crippen LogP contribution >= 0.6 is 19.8 Å². The fraction of sp³-hybridized carbons (Fsp3) is 0.500. The van der Waals surface area contributed by atoms with Crippen LogP contribution in [0.15, 0.2) is 0 Å². The van der Waals surface area contributed by atoms with Crippen LogP contribution in [0, 0.1) is 0 Å². The van der Waals surface area contributed by atoms with E-state index in [2.05, 4.69) is 0 Å². The van der Waals surface area contributed by atoms with E-state index < -0.39 is 73.2 Å². The van der Waals surface area contributed by atoms with Gasteiger partial charge in [-0.05, 0) is 0 Å². The first kappa shape index (κ1) is 37.3. The van der Waals surface area contributed by atoms with Crippen molar-refractivity contribution in [1.82, 2.24) is 0 Å². The van der Waals surface area contributed by atoms with Crippen molar-refractivity contribution in [2.24, 2.45) is 17.2 Å². The molecule has 0 spiro atoms. The summed E-state index contributed by atoms with van der Waals surface area (Å²) in [5.41, 5.74) is 14.5. The van der Waals surface area contributed by atoms with Gasteiger partial charge < -0.3 is 47.8 Å². The highest BCUT2D eigenvalue weighted by Crippen LogP contribution is 1.87. The summed E-state index contributed by atoms with van der Waals surface area (Å²) in [5, 5.41) is 48.1. The van der Waals surface area contributed by atoms with Crippen molar-refractivity contribution in [3.63, 3.8) is 0 Å². The summed E-state index contributed by atoms with van der Waals surface area (Å²) in [7, 11) is 0. The second-order valence-electron chi connectivity index (χ2n) is 4.63. The number of rotatable bonds is 9. The molecule has 0 amide bonds. The van der Waals surface area contributed by atoms with Gasteiger partial charge in [0.1, 0.15) is 18.1 Å². The van der Waals surface area contributed by atoms with Crippen molar-refractivity contribution in [3.8, 4) is 0 Å². The molecule has 0 radical (unpaired) electrons. The van der Waals surface area contributed by atoms with E-state index in [9.17, 15) is 28.8 Å². The summed E-state index contributed by atoms with van der Waals surface area (Å²) < 4.78 is 0. The third-order valence-electron chi connectivity index (χ3n) is 2.14. The van der Waals surface area contributed by atoms with Crippen LogP contribution in [0.5, 0.6) is 0 Å². The Kier molecular flexibility index (Phi) is 26.1. The average Bonchev–Trinajstić information content (AvgIpc) is 2.46. The van der Waals surface area contributed by atoms with E-state index in [-0.39, 0.29) is 19.8 Å². The summed E-state index contributed by atoms with van der Waals surface area (Å²) in [6.45, 7) is 0. The summed E-state index contributed by atoms with van der Waals surface area (Å²) in [6, 6.07) is -3.87. The molecule has 5 atom stereocenters. The fourth-order valence-corrected chi connectivity index (χ4v) is 0.826. The number of carboxylic acid groups (broad SMARTS) is 6. The third-order valence-corrected chi connectivity index (χ3v) is 2.14. The lowest BCUT2D eigenvalue weighted by molar-refractivity contribution is -0.144. The van der Waals surface area contributed by atoms with E-state index in [1.807, 2.05) is 0 Å². The zero-order valence-corrected chi connectivity index (χ0v) is 18.0. The quantitative estimate of drug-likeness (QED) is 0.150. The zero-order chi connectivity index (χ0) is 22.3. The Morgan fingerprint density at radius 3 is 0.655 bits per heavy atom. The number of aliphatic carboxylic acids is 6. The van der Waals surface area contributed by atoms with Crippen LogP contribution in [0.3, 0.4) is 0 Å².